The molecule has 0 aliphatic carbocycles. The van der Waals surface area contributed by atoms with Crippen molar-refractivity contribution in [3.05, 3.63) is 0 Å². The van der Waals surface area contributed by atoms with Crippen molar-refractivity contribution in [3.63, 3.8) is 0 Å². The molecule has 1 N–H and O–H groups in total. The van der Waals surface area contributed by atoms with E-state index < -0.39 is 0 Å². The third-order valence-electron chi connectivity index (χ3n) is 3.10. The minimum absolute atomic E-state index is 0.621. The van der Waals surface area contributed by atoms with Crippen molar-refractivity contribution in [2.75, 3.05) is 47.3 Å². The van der Waals surface area contributed by atoms with Gasteiger partial charge in [-0.25, -0.2) is 0 Å². The molecule has 98 valence electrons. The Kier molecular flexibility index (Phi) is 8.90. The zero-order valence-corrected chi connectivity index (χ0v) is 12.1. The Morgan fingerprint density at radius 1 is 0.938 bits per heavy atom. The lowest BCUT2D eigenvalue weighted by atomic mass is 10.1. The van der Waals surface area contributed by atoms with E-state index in [1.807, 2.05) is 0 Å². The third kappa shape index (κ3) is 9.13. The van der Waals surface area contributed by atoms with Crippen molar-refractivity contribution in [1.82, 2.24) is 15.1 Å². The lowest BCUT2D eigenvalue weighted by Crippen LogP contribution is -2.37. The quantitative estimate of drug-likeness (QED) is 0.646. The Labute approximate surface area is 102 Å². The molecule has 3 nitrogen and oxygen atoms in total. The van der Waals surface area contributed by atoms with Gasteiger partial charge in [-0.05, 0) is 53.5 Å². The standard InChI is InChI=1S/C13H31N3/c1-12(2)13(3)14-8-11-16(6)10-7-9-15(4)5/h12-14H,7-11H2,1-6H3. The topological polar surface area (TPSA) is 18.5 Å². The van der Waals surface area contributed by atoms with Gasteiger partial charge in [-0.2, -0.15) is 0 Å². The van der Waals surface area contributed by atoms with Gasteiger partial charge in [0.05, 0.1) is 0 Å². The molecule has 0 aliphatic rings. The van der Waals surface area contributed by atoms with Gasteiger partial charge >= 0.3 is 0 Å². The van der Waals surface area contributed by atoms with E-state index in [2.05, 4.69) is 57.0 Å². The van der Waals surface area contributed by atoms with Crippen molar-refractivity contribution >= 4 is 0 Å². The van der Waals surface area contributed by atoms with Crippen LogP contribution in [0.3, 0.4) is 0 Å². The molecule has 0 spiro atoms. The van der Waals surface area contributed by atoms with Crippen LogP contribution in [0.15, 0.2) is 0 Å². The zero-order valence-electron chi connectivity index (χ0n) is 12.1. The fraction of sp³-hybridized carbons (Fsp3) is 1.00. The molecular weight excluding hydrogens is 198 g/mol. The molecule has 0 saturated heterocycles. The van der Waals surface area contributed by atoms with Crippen LogP contribution in [0.4, 0.5) is 0 Å². The van der Waals surface area contributed by atoms with Gasteiger partial charge < -0.3 is 15.1 Å². The lowest BCUT2D eigenvalue weighted by Gasteiger charge is -2.21. The van der Waals surface area contributed by atoms with E-state index in [-0.39, 0.29) is 0 Å². The van der Waals surface area contributed by atoms with Crippen LogP contribution in [-0.2, 0) is 0 Å². The highest BCUT2D eigenvalue weighted by molar-refractivity contribution is 4.65. The van der Waals surface area contributed by atoms with Crippen LogP contribution < -0.4 is 5.32 Å². The normalized spacial score (nSPS) is 14.1. The minimum atomic E-state index is 0.621. The summed E-state index contributed by atoms with van der Waals surface area (Å²) < 4.78 is 0. The van der Waals surface area contributed by atoms with Gasteiger partial charge in [0, 0.05) is 19.1 Å². The molecule has 0 fully saturated rings. The molecule has 1 atom stereocenters. The van der Waals surface area contributed by atoms with Crippen LogP contribution >= 0.6 is 0 Å². The average molecular weight is 229 g/mol. The molecule has 0 amide bonds. The molecular formula is C13H31N3. The predicted molar refractivity (Wildman–Crippen MR) is 73.0 cm³/mol. The first-order valence-corrected chi connectivity index (χ1v) is 6.50. The summed E-state index contributed by atoms with van der Waals surface area (Å²) in [5.41, 5.74) is 0. The summed E-state index contributed by atoms with van der Waals surface area (Å²) >= 11 is 0. The van der Waals surface area contributed by atoms with E-state index in [9.17, 15) is 0 Å². The molecule has 0 aromatic rings. The zero-order chi connectivity index (χ0) is 12.6. The molecule has 16 heavy (non-hydrogen) atoms. The van der Waals surface area contributed by atoms with E-state index in [0.717, 1.165) is 19.0 Å². The van der Waals surface area contributed by atoms with Crippen LogP contribution in [0.5, 0.6) is 0 Å². The largest absolute Gasteiger partial charge is 0.313 e. The molecule has 0 aliphatic heterocycles. The number of hydrogen-bond acceptors (Lipinski definition) is 3. The van der Waals surface area contributed by atoms with E-state index in [4.69, 9.17) is 0 Å². The molecule has 0 heterocycles. The monoisotopic (exact) mass is 229 g/mol. The van der Waals surface area contributed by atoms with Gasteiger partial charge in [0.2, 0.25) is 0 Å². The van der Waals surface area contributed by atoms with Crippen molar-refractivity contribution in [3.8, 4) is 0 Å². The maximum absolute atomic E-state index is 3.56. The molecule has 1 unspecified atom stereocenters. The maximum Gasteiger partial charge on any atom is 0.0104 e. The summed E-state index contributed by atoms with van der Waals surface area (Å²) in [5, 5.41) is 3.56. The second-order valence-electron chi connectivity index (χ2n) is 5.45. The van der Waals surface area contributed by atoms with Crippen molar-refractivity contribution < 1.29 is 0 Å². The summed E-state index contributed by atoms with van der Waals surface area (Å²) in [6.45, 7) is 11.4. The molecule has 0 aromatic heterocycles. The highest BCUT2D eigenvalue weighted by atomic mass is 15.1. The first kappa shape index (κ1) is 15.9. The Balaban J connectivity index is 3.40. The number of likely N-dealkylation sites (N-methyl/N-ethyl adjacent to an activating group) is 1. The Hall–Kier alpha value is -0.120. The van der Waals surface area contributed by atoms with E-state index in [0.29, 0.717) is 6.04 Å². The van der Waals surface area contributed by atoms with Gasteiger partial charge in [-0.1, -0.05) is 13.8 Å². The Bertz CT molecular complexity index is 157. The fourth-order valence-corrected chi connectivity index (χ4v) is 1.49. The van der Waals surface area contributed by atoms with Crippen molar-refractivity contribution in [2.24, 2.45) is 5.92 Å². The second kappa shape index (κ2) is 8.97. The summed E-state index contributed by atoms with van der Waals surface area (Å²) in [5.74, 6) is 0.721. The summed E-state index contributed by atoms with van der Waals surface area (Å²) in [7, 11) is 6.47. The van der Waals surface area contributed by atoms with Crippen LogP contribution in [0, 0.1) is 5.92 Å². The van der Waals surface area contributed by atoms with Crippen LogP contribution in [0.2, 0.25) is 0 Å². The molecule has 0 bridgehead atoms. The first-order chi connectivity index (χ1) is 7.43. The smallest absolute Gasteiger partial charge is 0.0104 e. The van der Waals surface area contributed by atoms with Crippen LogP contribution in [-0.4, -0.2) is 63.2 Å². The SMILES string of the molecule is CC(C)C(C)NCCN(C)CCCN(C)C. The molecule has 0 rings (SSSR count). The summed E-state index contributed by atoms with van der Waals surface area (Å²) in [6.07, 6.45) is 1.25. The summed E-state index contributed by atoms with van der Waals surface area (Å²) in [6, 6.07) is 0.621. The second-order valence-corrected chi connectivity index (χ2v) is 5.45. The van der Waals surface area contributed by atoms with Gasteiger partial charge in [-0.15, -0.1) is 0 Å². The predicted octanol–water partition coefficient (Wildman–Crippen LogP) is 1.50. The number of nitrogens with zero attached hydrogens (tertiary/aromatic N) is 2. The third-order valence-corrected chi connectivity index (χ3v) is 3.10. The number of nitrogens with one attached hydrogen (secondary N) is 1. The average Bonchev–Trinajstić information content (AvgIpc) is 2.16. The number of rotatable bonds is 9. The Morgan fingerprint density at radius 2 is 1.56 bits per heavy atom. The maximum atomic E-state index is 3.56. The molecule has 0 saturated carbocycles. The molecule has 3 heteroatoms. The summed E-state index contributed by atoms with van der Waals surface area (Å²) in [4.78, 5) is 4.65. The van der Waals surface area contributed by atoms with Gasteiger partial charge in [0.15, 0.2) is 0 Å². The highest BCUT2D eigenvalue weighted by Crippen LogP contribution is 1.98. The fourth-order valence-electron chi connectivity index (χ4n) is 1.49. The van der Waals surface area contributed by atoms with E-state index >= 15 is 0 Å². The lowest BCUT2D eigenvalue weighted by molar-refractivity contribution is 0.290. The van der Waals surface area contributed by atoms with Gasteiger partial charge in [0.25, 0.3) is 0 Å². The number of hydrogen-bond donors (Lipinski definition) is 1. The van der Waals surface area contributed by atoms with Crippen LogP contribution in [0.25, 0.3) is 0 Å². The van der Waals surface area contributed by atoms with Gasteiger partial charge in [-0.3, -0.25) is 0 Å². The van der Waals surface area contributed by atoms with Crippen LogP contribution in [0.1, 0.15) is 27.2 Å². The minimum Gasteiger partial charge on any atom is -0.313 e. The highest BCUT2D eigenvalue weighted by Gasteiger charge is 2.05. The van der Waals surface area contributed by atoms with E-state index in [1.165, 1.54) is 19.5 Å². The molecule has 0 aromatic carbocycles. The van der Waals surface area contributed by atoms with Gasteiger partial charge in [0.1, 0.15) is 0 Å². The first-order valence-electron chi connectivity index (χ1n) is 6.50. The Morgan fingerprint density at radius 3 is 2.06 bits per heavy atom. The van der Waals surface area contributed by atoms with E-state index in [1.54, 1.807) is 0 Å². The van der Waals surface area contributed by atoms with Crippen molar-refractivity contribution in [1.29, 1.82) is 0 Å². The molecule has 0 radical (unpaired) electrons. The van der Waals surface area contributed by atoms with Crippen molar-refractivity contribution in [2.45, 2.75) is 33.2 Å².